The Morgan fingerprint density at radius 1 is 1.60 bits per heavy atom. The number of rotatable bonds is 3. The third kappa shape index (κ3) is 2.34. The lowest BCUT2D eigenvalue weighted by atomic mass is 10.2. The van der Waals surface area contributed by atoms with Crippen molar-refractivity contribution in [2.24, 2.45) is 7.05 Å². The van der Waals surface area contributed by atoms with Gasteiger partial charge < -0.3 is 5.32 Å². The first-order chi connectivity index (χ1) is 7.07. The van der Waals surface area contributed by atoms with Gasteiger partial charge in [0.1, 0.15) is 0 Å². The molecular formula is C10H14N4O. The number of nitrogens with zero attached hydrogens (tertiary/aromatic N) is 3. The topological polar surface area (TPSA) is 70.7 Å². The van der Waals surface area contributed by atoms with E-state index in [4.69, 9.17) is 5.26 Å². The summed E-state index contributed by atoms with van der Waals surface area (Å²) in [6.45, 7) is 4.02. The average molecular weight is 206 g/mol. The number of carbonyl (C=O) groups excluding carboxylic acids is 1. The van der Waals surface area contributed by atoms with Crippen LogP contribution in [0, 0.1) is 25.2 Å². The van der Waals surface area contributed by atoms with E-state index in [0.29, 0.717) is 24.2 Å². The number of amides is 1. The van der Waals surface area contributed by atoms with Gasteiger partial charge in [0.05, 0.1) is 23.7 Å². The Balaban J connectivity index is 2.78. The Labute approximate surface area is 88.7 Å². The van der Waals surface area contributed by atoms with Crippen molar-refractivity contribution in [2.75, 3.05) is 6.54 Å². The molecule has 0 aliphatic rings. The molecule has 1 aromatic heterocycles. The highest BCUT2D eigenvalue weighted by Crippen LogP contribution is 2.11. The summed E-state index contributed by atoms with van der Waals surface area (Å²) in [5, 5.41) is 15.2. The molecule has 0 saturated heterocycles. The Morgan fingerprint density at radius 3 is 2.73 bits per heavy atom. The molecule has 5 heteroatoms. The van der Waals surface area contributed by atoms with Crippen LogP contribution in [-0.2, 0) is 7.05 Å². The van der Waals surface area contributed by atoms with Crippen molar-refractivity contribution in [2.45, 2.75) is 20.3 Å². The minimum atomic E-state index is -0.159. The second kappa shape index (κ2) is 4.60. The minimum absolute atomic E-state index is 0.159. The Hall–Kier alpha value is -1.83. The van der Waals surface area contributed by atoms with Gasteiger partial charge in [-0.15, -0.1) is 0 Å². The smallest absolute Gasteiger partial charge is 0.255 e. The molecule has 0 saturated carbocycles. The van der Waals surface area contributed by atoms with Gasteiger partial charge in [0, 0.05) is 19.3 Å². The quantitative estimate of drug-likeness (QED) is 0.739. The number of carbonyl (C=O) groups is 1. The zero-order valence-corrected chi connectivity index (χ0v) is 9.16. The van der Waals surface area contributed by atoms with E-state index in [9.17, 15) is 4.79 Å². The van der Waals surface area contributed by atoms with Gasteiger partial charge in [0.25, 0.3) is 5.91 Å². The molecule has 80 valence electrons. The summed E-state index contributed by atoms with van der Waals surface area (Å²) in [6.07, 6.45) is 0.324. The summed E-state index contributed by atoms with van der Waals surface area (Å²) in [5.41, 5.74) is 2.15. The van der Waals surface area contributed by atoms with E-state index in [-0.39, 0.29) is 5.91 Å². The second-order valence-corrected chi connectivity index (χ2v) is 3.33. The van der Waals surface area contributed by atoms with Gasteiger partial charge >= 0.3 is 0 Å². The van der Waals surface area contributed by atoms with E-state index in [1.54, 1.807) is 18.7 Å². The molecule has 0 aliphatic carbocycles. The molecule has 0 radical (unpaired) electrons. The Bertz CT molecular complexity index is 414. The van der Waals surface area contributed by atoms with Gasteiger partial charge in [0.2, 0.25) is 0 Å². The predicted molar refractivity (Wildman–Crippen MR) is 55.2 cm³/mol. The highest BCUT2D eigenvalue weighted by atomic mass is 16.1. The monoisotopic (exact) mass is 206 g/mol. The third-order valence-corrected chi connectivity index (χ3v) is 2.26. The van der Waals surface area contributed by atoms with Crippen LogP contribution in [0.5, 0.6) is 0 Å². The molecule has 0 fully saturated rings. The van der Waals surface area contributed by atoms with Crippen molar-refractivity contribution in [1.29, 1.82) is 5.26 Å². The minimum Gasteiger partial charge on any atom is -0.351 e. The molecule has 0 aromatic carbocycles. The molecule has 1 N–H and O–H groups in total. The van der Waals surface area contributed by atoms with Gasteiger partial charge in [-0.2, -0.15) is 10.4 Å². The van der Waals surface area contributed by atoms with Gasteiger partial charge in [-0.1, -0.05) is 0 Å². The summed E-state index contributed by atoms with van der Waals surface area (Å²) in [6, 6.07) is 1.97. The summed E-state index contributed by atoms with van der Waals surface area (Å²) < 4.78 is 1.68. The predicted octanol–water partition coefficient (Wildman–Crippen LogP) is 0.680. The van der Waals surface area contributed by atoms with Crippen LogP contribution >= 0.6 is 0 Å². The van der Waals surface area contributed by atoms with Crippen LogP contribution in [0.2, 0.25) is 0 Å². The number of hydrogen-bond acceptors (Lipinski definition) is 3. The van der Waals surface area contributed by atoms with E-state index in [2.05, 4.69) is 10.4 Å². The van der Waals surface area contributed by atoms with Crippen molar-refractivity contribution in [1.82, 2.24) is 15.1 Å². The van der Waals surface area contributed by atoms with E-state index >= 15 is 0 Å². The van der Waals surface area contributed by atoms with Crippen molar-refractivity contribution >= 4 is 5.91 Å². The standard InChI is InChI=1S/C10H14N4O/c1-7-9(8(2)14(3)13-7)10(15)12-6-4-5-11/h4,6H2,1-3H3,(H,12,15). The maximum Gasteiger partial charge on any atom is 0.255 e. The summed E-state index contributed by atoms with van der Waals surface area (Å²) in [4.78, 5) is 11.7. The first kappa shape index (κ1) is 11.2. The van der Waals surface area contributed by atoms with Crippen LogP contribution in [0.1, 0.15) is 28.2 Å². The molecule has 1 amide bonds. The van der Waals surface area contributed by atoms with Crippen molar-refractivity contribution < 1.29 is 4.79 Å². The van der Waals surface area contributed by atoms with Crippen molar-refractivity contribution in [3.05, 3.63) is 17.0 Å². The van der Waals surface area contributed by atoms with Crippen LogP contribution in [0.15, 0.2) is 0 Å². The molecule has 1 heterocycles. The molecule has 0 spiro atoms. The summed E-state index contributed by atoms with van der Waals surface area (Å²) in [7, 11) is 1.80. The van der Waals surface area contributed by atoms with Crippen LogP contribution < -0.4 is 5.32 Å². The van der Waals surface area contributed by atoms with Crippen LogP contribution in [0.3, 0.4) is 0 Å². The fourth-order valence-electron chi connectivity index (χ4n) is 1.42. The average Bonchev–Trinajstić information content (AvgIpc) is 2.41. The van der Waals surface area contributed by atoms with E-state index in [0.717, 1.165) is 5.69 Å². The van der Waals surface area contributed by atoms with E-state index in [1.165, 1.54) is 0 Å². The second-order valence-electron chi connectivity index (χ2n) is 3.33. The number of nitrogens with one attached hydrogen (secondary N) is 1. The first-order valence-electron chi connectivity index (χ1n) is 4.73. The number of aryl methyl sites for hydroxylation is 2. The fourth-order valence-corrected chi connectivity index (χ4v) is 1.42. The van der Waals surface area contributed by atoms with Gasteiger partial charge in [0.15, 0.2) is 0 Å². The van der Waals surface area contributed by atoms with E-state index < -0.39 is 0 Å². The number of hydrogen-bond donors (Lipinski definition) is 1. The van der Waals surface area contributed by atoms with Crippen LogP contribution in [0.4, 0.5) is 0 Å². The Morgan fingerprint density at radius 2 is 2.27 bits per heavy atom. The van der Waals surface area contributed by atoms with Gasteiger partial charge in [-0.25, -0.2) is 0 Å². The molecule has 1 rings (SSSR count). The summed E-state index contributed by atoms with van der Waals surface area (Å²) in [5.74, 6) is -0.159. The lowest BCUT2D eigenvalue weighted by molar-refractivity contribution is 0.0953. The number of aromatic nitrogens is 2. The van der Waals surface area contributed by atoms with Gasteiger partial charge in [-0.3, -0.25) is 9.48 Å². The maximum atomic E-state index is 11.7. The van der Waals surface area contributed by atoms with Gasteiger partial charge in [-0.05, 0) is 13.8 Å². The van der Waals surface area contributed by atoms with E-state index in [1.807, 2.05) is 13.0 Å². The third-order valence-electron chi connectivity index (χ3n) is 2.26. The SMILES string of the molecule is Cc1nn(C)c(C)c1C(=O)NCCC#N. The largest absolute Gasteiger partial charge is 0.351 e. The van der Waals surface area contributed by atoms with Crippen molar-refractivity contribution in [3.63, 3.8) is 0 Å². The zero-order valence-electron chi connectivity index (χ0n) is 9.16. The zero-order chi connectivity index (χ0) is 11.4. The maximum absolute atomic E-state index is 11.7. The molecule has 15 heavy (non-hydrogen) atoms. The molecule has 5 nitrogen and oxygen atoms in total. The molecule has 0 bridgehead atoms. The molecule has 0 unspecified atom stereocenters. The van der Waals surface area contributed by atoms with Crippen LogP contribution in [0.25, 0.3) is 0 Å². The molecule has 0 atom stereocenters. The molecule has 0 aliphatic heterocycles. The fraction of sp³-hybridized carbons (Fsp3) is 0.500. The summed E-state index contributed by atoms with van der Waals surface area (Å²) >= 11 is 0. The van der Waals surface area contributed by atoms with Crippen molar-refractivity contribution in [3.8, 4) is 6.07 Å². The highest BCUT2D eigenvalue weighted by Gasteiger charge is 2.16. The number of nitriles is 1. The lowest BCUT2D eigenvalue weighted by Crippen LogP contribution is -2.25. The first-order valence-corrected chi connectivity index (χ1v) is 4.73. The highest BCUT2D eigenvalue weighted by molar-refractivity contribution is 5.96. The normalized spacial score (nSPS) is 9.73. The van der Waals surface area contributed by atoms with Crippen LogP contribution in [-0.4, -0.2) is 22.2 Å². The Kier molecular flexibility index (Phi) is 3.45. The molecule has 1 aromatic rings. The molecular weight excluding hydrogens is 192 g/mol. The lowest BCUT2D eigenvalue weighted by Gasteiger charge is -2.02.